The highest BCUT2D eigenvalue weighted by Crippen LogP contribution is 2.24. The standard InChI is InChI=1S/C17H19N3O2S/c1-12(16-18-19-17(22-16)15-5-4-10-23-15)20(2)11-13-6-8-14(21-3)9-7-13/h4-10,12H,11H2,1-3H3/p+1/t12-/m1/s1. The number of nitrogens with zero attached hydrogens (tertiary/aromatic N) is 2. The van der Waals surface area contributed by atoms with Gasteiger partial charge in [0.1, 0.15) is 12.3 Å². The Morgan fingerprint density at radius 2 is 2.00 bits per heavy atom. The molecule has 2 heterocycles. The SMILES string of the molecule is COc1ccc(C[NH+](C)[C@H](C)c2nnc(-c3cccs3)o2)cc1. The van der Waals surface area contributed by atoms with E-state index >= 15 is 0 Å². The van der Waals surface area contributed by atoms with Gasteiger partial charge in [-0.1, -0.05) is 6.07 Å². The molecule has 0 saturated carbocycles. The molecule has 0 saturated heterocycles. The fourth-order valence-electron chi connectivity index (χ4n) is 2.34. The van der Waals surface area contributed by atoms with Gasteiger partial charge in [0.2, 0.25) is 0 Å². The van der Waals surface area contributed by atoms with E-state index in [1.807, 2.05) is 29.6 Å². The third kappa shape index (κ3) is 3.60. The van der Waals surface area contributed by atoms with Crippen LogP contribution in [0.4, 0.5) is 0 Å². The van der Waals surface area contributed by atoms with E-state index in [9.17, 15) is 0 Å². The van der Waals surface area contributed by atoms with Crippen molar-refractivity contribution < 1.29 is 14.1 Å². The lowest BCUT2D eigenvalue weighted by atomic mass is 10.2. The molecule has 1 N–H and O–H groups in total. The number of hydrogen-bond acceptors (Lipinski definition) is 5. The van der Waals surface area contributed by atoms with E-state index in [1.165, 1.54) is 10.5 Å². The molecule has 23 heavy (non-hydrogen) atoms. The Kier molecular flexibility index (Phi) is 4.73. The first-order valence-electron chi connectivity index (χ1n) is 7.50. The quantitative estimate of drug-likeness (QED) is 0.755. The van der Waals surface area contributed by atoms with Gasteiger partial charge in [0.05, 0.1) is 19.0 Å². The number of ether oxygens (including phenoxy) is 1. The van der Waals surface area contributed by atoms with Crippen molar-refractivity contribution in [3.8, 4) is 16.5 Å². The molecule has 6 heteroatoms. The average Bonchev–Trinajstić information content (AvgIpc) is 3.26. The van der Waals surface area contributed by atoms with Crippen LogP contribution in [0.3, 0.4) is 0 Å². The number of aromatic nitrogens is 2. The number of rotatable bonds is 6. The van der Waals surface area contributed by atoms with Crippen LogP contribution in [0.5, 0.6) is 5.75 Å². The summed E-state index contributed by atoms with van der Waals surface area (Å²) in [5, 5.41) is 10.4. The highest BCUT2D eigenvalue weighted by atomic mass is 32.1. The van der Waals surface area contributed by atoms with Crippen molar-refractivity contribution in [3.05, 3.63) is 53.2 Å². The summed E-state index contributed by atoms with van der Waals surface area (Å²) >= 11 is 1.60. The Morgan fingerprint density at radius 3 is 2.65 bits per heavy atom. The van der Waals surface area contributed by atoms with Crippen LogP contribution in [0, 0.1) is 0 Å². The lowest BCUT2D eigenvalue weighted by molar-refractivity contribution is -0.925. The van der Waals surface area contributed by atoms with Crippen molar-refractivity contribution >= 4 is 11.3 Å². The predicted molar refractivity (Wildman–Crippen MR) is 89.6 cm³/mol. The number of methoxy groups -OCH3 is 1. The van der Waals surface area contributed by atoms with Crippen LogP contribution in [0.2, 0.25) is 0 Å². The zero-order valence-corrected chi connectivity index (χ0v) is 14.3. The summed E-state index contributed by atoms with van der Waals surface area (Å²) in [6, 6.07) is 12.2. The molecule has 0 spiro atoms. The summed E-state index contributed by atoms with van der Waals surface area (Å²) < 4.78 is 11.0. The molecule has 0 fully saturated rings. The first-order valence-corrected chi connectivity index (χ1v) is 8.38. The fraction of sp³-hybridized carbons (Fsp3) is 0.294. The largest absolute Gasteiger partial charge is 0.497 e. The average molecular weight is 330 g/mol. The lowest BCUT2D eigenvalue weighted by Crippen LogP contribution is -3.07. The van der Waals surface area contributed by atoms with E-state index in [1.54, 1.807) is 18.4 Å². The van der Waals surface area contributed by atoms with E-state index in [2.05, 4.69) is 36.3 Å². The van der Waals surface area contributed by atoms with Crippen molar-refractivity contribution in [1.82, 2.24) is 10.2 Å². The second-order valence-electron chi connectivity index (χ2n) is 5.52. The molecule has 0 amide bonds. The third-order valence-electron chi connectivity index (χ3n) is 3.92. The second kappa shape index (κ2) is 6.93. The number of benzene rings is 1. The summed E-state index contributed by atoms with van der Waals surface area (Å²) in [6.45, 7) is 2.98. The fourth-order valence-corrected chi connectivity index (χ4v) is 2.98. The number of hydrogen-bond donors (Lipinski definition) is 1. The summed E-state index contributed by atoms with van der Waals surface area (Å²) in [7, 11) is 3.80. The molecule has 0 aliphatic rings. The smallest absolute Gasteiger partial charge is 0.274 e. The van der Waals surface area contributed by atoms with Crippen molar-refractivity contribution in [2.75, 3.05) is 14.2 Å². The van der Waals surface area contributed by atoms with E-state index < -0.39 is 0 Å². The summed E-state index contributed by atoms with van der Waals surface area (Å²) in [5.41, 5.74) is 1.24. The topological polar surface area (TPSA) is 52.6 Å². The van der Waals surface area contributed by atoms with Crippen LogP contribution in [-0.4, -0.2) is 24.4 Å². The van der Waals surface area contributed by atoms with Crippen LogP contribution in [0.25, 0.3) is 10.8 Å². The molecule has 3 rings (SSSR count). The zero-order valence-electron chi connectivity index (χ0n) is 13.4. The normalized spacial score (nSPS) is 13.7. The van der Waals surface area contributed by atoms with Gasteiger partial charge in [-0.2, -0.15) is 0 Å². The molecule has 2 atom stereocenters. The minimum Gasteiger partial charge on any atom is -0.497 e. The number of nitrogens with one attached hydrogen (secondary N) is 1. The van der Waals surface area contributed by atoms with Gasteiger partial charge in [-0.3, -0.25) is 0 Å². The van der Waals surface area contributed by atoms with E-state index in [0.29, 0.717) is 11.8 Å². The van der Waals surface area contributed by atoms with Crippen LogP contribution in [0.15, 0.2) is 46.2 Å². The van der Waals surface area contributed by atoms with E-state index in [-0.39, 0.29) is 6.04 Å². The van der Waals surface area contributed by atoms with Crippen molar-refractivity contribution in [2.24, 2.45) is 0 Å². The maximum atomic E-state index is 5.83. The molecular weight excluding hydrogens is 310 g/mol. The van der Waals surface area contributed by atoms with Crippen molar-refractivity contribution in [3.63, 3.8) is 0 Å². The highest BCUT2D eigenvalue weighted by molar-refractivity contribution is 7.13. The highest BCUT2D eigenvalue weighted by Gasteiger charge is 2.22. The summed E-state index contributed by atoms with van der Waals surface area (Å²) in [5.74, 6) is 2.13. The van der Waals surface area contributed by atoms with Gasteiger partial charge in [0, 0.05) is 5.56 Å². The Balaban J connectivity index is 1.68. The molecule has 120 valence electrons. The molecule has 2 aromatic heterocycles. The zero-order chi connectivity index (χ0) is 16.2. The van der Waals surface area contributed by atoms with Crippen LogP contribution < -0.4 is 9.64 Å². The lowest BCUT2D eigenvalue weighted by Gasteiger charge is -2.18. The Bertz CT molecular complexity index is 738. The molecule has 1 unspecified atom stereocenters. The minimum absolute atomic E-state index is 0.123. The van der Waals surface area contributed by atoms with E-state index in [4.69, 9.17) is 9.15 Å². The van der Waals surface area contributed by atoms with Gasteiger partial charge in [-0.15, -0.1) is 21.5 Å². The summed E-state index contributed by atoms with van der Waals surface area (Å²) in [6.07, 6.45) is 0. The maximum absolute atomic E-state index is 5.83. The Labute approximate surface area is 139 Å². The first-order chi connectivity index (χ1) is 11.2. The van der Waals surface area contributed by atoms with Crippen LogP contribution in [0.1, 0.15) is 24.4 Å². The predicted octanol–water partition coefficient (Wildman–Crippen LogP) is 2.58. The third-order valence-corrected chi connectivity index (χ3v) is 4.78. The van der Waals surface area contributed by atoms with Crippen molar-refractivity contribution in [2.45, 2.75) is 19.5 Å². The number of quaternary nitrogens is 1. The van der Waals surface area contributed by atoms with Gasteiger partial charge in [0.25, 0.3) is 11.8 Å². The van der Waals surface area contributed by atoms with Gasteiger partial charge in [-0.25, -0.2) is 0 Å². The molecule has 0 bridgehead atoms. The second-order valence-corrected chi connectivity index (χ2v) is 6.46. The maximum Gasteiger partial charge on any atom is 0.274 e. The van der Waals surface area contributed by atoms with Gasteiger partial charge in [0.15, 0.2) is 6.04 Å². The van der Waals surface area contributed by atoms with Gasteiger partial charge < -0.3 is 14.1 Å². The Hall–Kier alpha value is -2.18. The van der Waals surface area contributed by atoms with Crippen LogP contribution >= 0.6 is 11.3 Å². The molecule has 0 aliphatic carbocycles. The van der Waals surface area contributed by atoms with Gasteiger partial charge in [-0.05, 0) is 42.6 Å². The molecule has 1 aromatic carbocycles. The van der Waals surface area contributed by atoms with E-state index in [0.717, 1.165) is 17.2 Å². The Morgan fingerprint density at radius 1 is 1.22 bits per heavy atom. The van der Waals surface area contributed by atoms with Gasteiger partial charge >= 0.3 is 0 Å². The molecule has 0 radical (unpaired) electrons. The van der Waals surface area contributed by atoms with Crippen molar-refractivity contribution in [1.29, 1.82) is 0 Å². The molecule has 5 nitrogen and oxygen atoms in total. The molecule has 0 aliphatic heterocycles. The molecule has 3 aromatic rings. The summed E-state index contributed by atoms with van der Waals surface area (Å²) in [4.78, 5) is 2.29. The van der Waals surface area contributed by atoms with Crippen LogP contribution in [-0.2, 0) is 6.54 Å². The number of thiophene rings is 1. The molecular formula is C17H20N3O2S+. The minimum atomic E-state index is 0.123. The first kappa shape index (κ1) is 15.7. The monoisotopic (exact) mass is 330 g/mol.